The smallest absolute Gasteiger partial charge is 0.267 e. The average Bonchev–Trinajstić information content (AvgIpc) is 2.89. The monoisotopic (exact) mass is 516 g/mol. The number of aromatic nitrogens is 2. The fourth-order valence-electron chi connectivity index (χ4n) is 3.46. The highest BCUT2D eigenvalue weighted by atomic mass is 16.5. The van der Waals surface area contributed by atoms with Crippen LogP contribution in [0.5, 0.6) is 11.5 Å². The summed E-state index contributed by atoms with van der Waals surface area (Å²) < 4.78 is 10.5. The van der Waals surface area contributed by atoms with Crippen molar-refractivity contribution in [3.63, 3.8) is 0 Å². The van der Waals surface area contributed by atoms with Gasteiger partial charge in [0.2, 0.25) is 0 Å². The molecule has 3 aromatic rings. The first-order valence-electron chi connectivity index (χ1n) is 12.1. The van der Waals surface area contributed by atoms with E-state index in [4.69, 9.17) is 15.2 Å². The summed E-state index contributed by atoms with van der Waals surface area (Å²) in [7, 11) is 3.98. The average molecular weight is 517 g/mol. The molecule has 4 rings (SSSR count). The van der Waals surface area contributed by atoms with Crippen LogP contribution in [0, 0.1) is 18.8 Å². The number of benzene rings is 1. The number of hydrogen-bond acceptors (Lipinski definition) is 8. The van der Waals surface area contributed by atoms with Gasteiger partial charge in [-0.05, 0) is 55.7 Å². The molecule has 1 aliphatic heterocycles. The molecule has 1 saturated heterocycles. The third kappa shape index (κ3) is 8.40. The first-order chi connectivity index (χ1) is 18.2. The number of carbonyl (C=O) groups excluding carboxylic acids is 2. The second kappa shape index (κ2) is 13.3. The number of aliphatic hydroxyl groups is 1. The maximum atomic E-state index is 10.9. The quantitative estimate of drug-likeness (QED) is 0.266. The Kier molecular flexibility index (Phi) is 9.93. The van der Waals surface area contributed by atoms with Crippen LogP contribution in [0.25, 0.3) is 0 Å². The van der Waals surface area contributed by atoms with Gasteiger partial charge in [0.25, 0.3) is 5.91 Å². The molecule has 2 aromatic heterocycles. The Balaban J connectivity index is 0.000000215. The number of pyridine rings is 2. The van der Waals surface area contributed by atoms with Gasteiger partial charge in [0.05, 0.1) is 19.4 Å². The van der Waals surface area contributed by atoms with Gasteiger partial charge in [-0.25, -0.2) is 0 Å². The number of nitrogens with two attached hydrogens (primary N) is 1. The number of nitrogens with zero attached hydrogens (tertiary/aromatic N) is 3. The van der Waals surface area contributed by atoms with E-state index in [1.165, 1.54) is 17.8 Å². The van der Waals surface area contributed by atoms with Crippen LogP contribution in [0.4, 0.5) is 5.69 Å². The van der Waals surface area contributed by atoms with Gasteiger partial charge in [0.15, 0.2) is 5.60 Å². The highest BCUT2D eigenvalue weighted by Crippen LogP contribution is 2.23. The van der Waals surface area contributed by atoms with E-state index in [1.54, 1.807) is 18.3 Å². The molecule has 3 heterocycles. The summed E-state index contributed by atoms with van der Waals surface area (Å²) in [4.78, 5) is 31.3. The van der Waals surface area contributed by atoms with Crippen molar-refractivity contribution in [1.29, 1.82) is 0 Å². The number of aryl methyl sites for hydroxylation is 2. The Morgan fingerprint density at radius 1 is 1.18 bits per heavy atom. The van der Waals surface area contributed by atoms with Gasteiger partial charge in [-0.1, -0.05) is 17.9 Å². The van der Waals surface area contributed by atoms with E-state index in [9.17, 15) is 14.7 Å². The van der Waals surface area contributed by atoms with E-state index >= 15 is 0 Å². The van der Waals surface area contributed by atoms with Gasteiger partial charge in [-0.15, -0.1) is 0 Å². The molecule has 0 unspecified atom stereocenters. The van der Waals surface area contributed by atoms with Crippen molar-refractivity contribution in [2.45, 2.75) is 31.8 Å². The zero-order valence-electron chi connectivity index (χ0n) is 21.8. The SMILES string of the molecule is CN(C)c1cc(C#CC2(O)COC2)ccc1CCCC=O.Cc1ccc(Oc2ccnc(C(N)=O)c2)cn1. The van der Waals surface area contributed by atoms with E-state index < -0.39 is 11.5 Å². The summed E-state index contributed by atoms with van der Waals surface area (Å²) in [6.07, 6.45) is 6.35. The number of hydrogen-bond donors (Lipinski definition) is 2. The molecule has 0 spiro atoms. The van der Waals surface area contributed by atoms with E-state index in [2.05, 4.69) is 21.8 Å². The highest BCUT2D eigenvalue weighted by molar-refractivity contribution is 5.91. The molecule has 0 saturated carbocycles. The maximum Gasteiger partial charge on any atom is 0.267 e. The topological polar surface area (TPSA) is 128 Å². The molecule has 9 nitrogen and oxygen atoms in total. The molecule has 0 aliphatic carbocycles. The van der Waals surface area contributed by atoms with Gasteiger partial charge in [-0.2, -0.15) is 0 Å². The van der Waals surface area contributed by atoms with Gasteiger partial charge in [-0.3, -0.25) is 14.8 Å². The summed E-state index contributed by atoms with van der Waals surface area (Å²) in [5.41, 5.74) is 8.40. The third-order valence-electron chi connectivity index (χ3n) is 5.56. The Morgan fingerprint density at radius 3 is 2.58 bits per heavy atom. The number of rotatable bonds is 8. The second-order valence-corrected chi connectivity index (χ2v) is 9.05. The number of carbonyl (C=O) groups is 2. The number of ether oxygens (including phenoxy) is 2. The molecule has 3 N–H and O–H groups in total. The fourth-order valence-corrected chi connectivity index (χ4v) is 3.46. The Bertz CT molecular complexity index is 1310. The molecule has 1 amide bonds. The van der Waals surface area contributed by atoms with Crippen LogP contribution >= 0.6 is 0 Å². The molecule has 198 valence electrons. The molecule has 0 bridgehead atoms. The van der Waals surface area contributed by atoms with Gasteiger partial charge in [0, 0.05) is 49.7 Å². The number of aldehydes is 1. The van der Waals surface area contributed by atoms with Crippen LogP contribution < -0.4 is 15.4 Å². The number of amides is 1. The van der Waals surface area contributed by atoms with Crippen molar-refractivity contribution in [2.24, 2.45) is 5.73 Å². The third-order valence-corrected chi connectivity index (χ3v) is 5.56. The molecule has 9 heteroatoms. The minimum atomic E-state index is -0.985. The minimum absolute atomic E-state index is 0.169. The first-order valence-corrected chi connectivity index (χ1v) is 12.1. The van der Waals surface area contributed by atoms with E-state index in [0.29, 0.717) is 17.9 Å². The van der Waals surface area contributed by atoms with Crippen molar-refractivity contribution in [3.05, 3.63) is 77.4 Å². The van der Waals surface area contributed by atoms with Crippen molar-refractivity contribution in [1.82, 2.24) is 9.97 Å². The van der Waals surface area contributed by atoms with Crippen molar-refractivity contribution < 1.29 is 24.2 Å². The first kappa shape index (κ1) is 28.3. The standard InChI is InChI=1S/C17H21NO3.C12H11N3O2/c1-18(2)16-11-14(8-9-17(20)12-21-13-17)6-7-15(16)5-3-4-10-19;1-8-2-3-10(7-15-8)17-9-4-5-14-11(6-9)12(13)16/h6-7,10-11,20H,3-5,12-13H2,1-2H3;2-7H,1H3,(H2,13,16). The normalized spacial score (nSPS) is 13.1. The molecular weight excluding hydrogens is 484 g/mol. The Morgan fingerprint density at radius 2 is 1.97 bits per heavy atom. The molecule has 0 atom stereocenters. The van der Waals surface area contributed by atoms with Crippen LogP contribution in [-0.4, -0.2) is 60.2 Å². The molecule has 1 aromatic carbocycles. The number of anilines is 1. The van der Waals surface area contributed by atoms with Crippen LogP contribution in [0.15, 0.2) is 54.9 Å². The highest BCUT2D eigenvalue weighted by Gasteiger charge is 2.33. The summed E-state index contributed by atoms with van der Waals surface area (Å²) in [6, 6.07) is 12.8. The molecule has 1 fully saturated rings. The second-order valence-electron chi connectivity index (χ2n) is 9.05. The van der Waals surface area contributed by atoms with Gasteiger partial charge in [0.1, 0.15) is 23.5 Å². The zero-order valence-corrected chi connectivity index (χ0v) is 21.8. The lowest BCUT2D eigenvalue weighted by atomic mass is 10.0. The number of unbranched alkanes of at least 4 members (excludes halogenated alkanes) is 1. The van der Waals surface area contributed by atoms with Crippen molar-refractivity contribution in [2.75, 3.05) is 32.2 Å². The largest absolute Gasteiger partial charge is 0.456 e. The Labute approximate surface area is 222 Å². The summed E-state index contributed by atoms with van der Waals surface area (Å²) in [6.45, 7) is 2.45. The lowest BCUT2D eigenvalue weighted by Gasteiger charge is -2.30. The molecule has 1 aliphatic rings. The predicted octanol–water partition coefficient (Wildman–Crippen LogP) is 3.06. The maximum absolute atomic E-state index is 10.9. The van der Waals surface area contributed by atoms with Crippen molar-refractivity contribution in [3.8, 4) is 23.3 Å². The van der Waals surface area contributed by atoms with Crippen LogP contribution in [-0.2, 0) is 16.0 Å². The lowest BCUT2D eigenvalue weighted by molar-refractivity contribution is -0.140. The van der Waals surface area contributed by atoms with Crippen LogP contribution in [0.3, 0.4) is 0 Å². The van der Waals surface area contributed by atoms with E-state index in [1.807, 2.05) is 50.2 Å². The Hall–Kier alpha value is -4.26. The fraction of sp³-hybridized carbons (Fsp3) is 0.310. The molecule has 38 heavy (non-hydrogen) atoms. The van der Waals surface area contributed by atoms with Gasteiger partial charge >= 0.3 is 0 Å². The summed E-state index contributed by atoms with van der Waals surface area (Å²) in [5.74, 6) is 6.39. The van der Waals surface area contributed by atoms with Crippen molar-refractivity contribution >= 4 is 17.9 Å². The van der Waals surface area contributed by atoms with E-state index in [-0.39, 0.29) is 18.9 Å². The van der Waals surface area contributed by atoms with Crippen LogP contribution in [0.2, 0.25) is 0 Å². The predicted molar refractivity (Wildman–Crippen MR) is 144 cm³/mol. The lowest BCUT2D eigenvalue weighted by Crippen LogP contribution is -2.48. The summed E-state index contributed by atoms with van der Waals surface area (Å²) >= 11 is 0. The zero-order chi connectivity index (χ0) is 27.5. The minimum Gasteiger partial charge on any atom is -0.456 e. The van der Waals surface area contributed by atoms with Crippen LogP contribution in [0.1, 0.15) is 40.2 Å². The summed E-state index contributed by atoms with van der Waals surface area (Å²) in [5, 5.41) is 9.91. The van der Waals surface area contributed by atoms with Gasteiger partial charge < -0.3 is 30.0 Å². The number of primary amides is 1. The molecular formula is C29H32N4O5. The van der Waals surface area contributed by atoms with E-state index in [0.717, 1.165) is 36.1 Å². The molecule has 0 radical (unpaired) electrons.